The van der Waals surface area contributed by atoms with Gasteiger partial charge in [0.1, 0.15) is 6.10 Å². The quantitative estimate of drug-likeness (QED) is 0.848. The van der Waals surface area contributed by atoms with Crippen LogP contribution >= 0.6 is 27.3 Å². The third-order valence-corrected chi connectivity index (χ3v) is 3.96. The Hall–Kier alpha value is -0.850. The number of halogens is 4. The highest BCUT2D eigenvalue weighted by Gasteiger charge is 2.31. The van der Waals surface area contributed by atoms with Crippen LogP contribution in [0.1, 0.15) is 22.8 Å². The molecule has 0 spiro atoms. The molecule has 0 amide bonds. The van der Waals surface area contributed by atoms with E-state index in [0.717, 1.165) is 15.9 Å². The van der Waals surface area contributed by atoms with Gasteiger partial charge in [-0.25, -0.2) is 0 Å². The van der Waals surface area contributed by atoms with E-state index in [2.05, 4.69) is 15.9 Å². The number of rotatable bonds is 2. The van der Waals surface area contributed by atoms with Crippen molar-refractivity contribution in [2.75, 3.05) is 0 Å². The number of aliphatic hydroxyl groups is 1. The van der Waals surface area contributed by atoms with E-state index in [1.807, 2.05) is 0 Å². The van der Waals surface area contributed by atoms with Crippen molar-refractivity contribution in [3.63, 3.8) is 0 Å². The zero-order chi connectivity index (χ0) is 13.3. The highest BCUT2D eigenvalue weighted by atomic mass is 79.9. The molecule has 0 saturated carbocycles. The van der Waals surface area contributed by atoms with Crippen LogP contribution in [0.15, 0.2) is 39.5 Å². The summed E-state index contributed by atoms with van der Waals surface area (Å²) in [4.78, 5) is 0. The van der Waals surface area contributed by atoms with Crippen LogP contribution in [0.5, 0.6) is 0 Å². The molecule has 0 aliphatic carbocycles. The fourth-order valence-electron chi connectivity index (χ4n) is 1.54. The van der Waals surface area contributed by atoms with Gasteiger partial charge in [-0.3, -0.25) is 0 Å². The van der Waals surface area contributed by atoms with Crippen molar-refractivity contribution in [3.8, 4) is 0 Å². The lowest BCUT2D eigenvalue weighted by Crippen LogP contribution is -2.07. The van der Waals surface area contributed by atoms with Crippen LogP contribution in [0.25, 0.3) is 0 Å². The summed E-state index contributed by atoms with van der Waals surface area (Å²) in [5.74, 6) is 0. The van der Waals surface area contributed by atoms with Crippen LogP contribution in [0, 0.1) is 0 Å². The second kappa shape index (κ2) is 5.03. The third kappa shape index (κ3) is 2.93. The van der Waals surface area contributed by atoms with Gasteiger partial charge in [0, 0.05) is 0 Å². The maximum atomic E-state index is 12.6. The molecule has 1 nitrogen and oxygen atoms in total. The summed E-state index contributed by atoms with van der Waals surface area (Å²) in [7, 11) is 0. The van der Waals surface area contributed by atoms with Crippen LogP contribution in [-0.2, 0) is 6.18 Å². The first kappa shape index (κ1) is 13.6. The second-order valence-electron chi connectivity index (χ2n) is 3.71. The van der Waals surface area contributed by atoms with Gasteiger partial charge in [-0.15, -0.1) is 11.3 Å². The number of hydrogen-bond acceptors (Lipinski definition) is 2. The average Bonchev–Trinajstić information content (AvgIpc) is 2.74. The molecule has 1 heterocycles. The summed E-state index contributed by atoms with van der Waals surface area (Å²) in [5.41, 5.74) is 0.0506. The molecule has 1 N–H and O–H groups in total. The summed E-state index contributed by atoms with van der Waals surface area (Å²) in [6, 6.07) is 6.42. The SMILES string of the molecule is OC(c1cccc(C(F)(F)F)c1)c1csc(Br)c1. The van der Waals surface area contributed by atoms with E-state index in [0.29, 0.717) is 5.56 Å². The molecular formula is C12H8BrF3OS. The van der Waals surface area contributed by atoms with Gasteiger partial charge in [-0.1, -0.05) is 12.1 Å². The van der Waals surface area contributed by atoms with Crippen LogP contribution in [-0.4, -0.2) is 5.11 Å². The minimum atomic E-state index is -4.40. The van der Waals surface area contributed by atoms with Gasteiger partial charge in [-0.05, 0) is 50.6 Å². The normalized spacial score (nSPS) is 13.6. The fraction of sp³-hybridized carbons (Fsp3) is 0.167. The zero-order valence-corrected chi connectivity index (χ0v) is 11.3. The lowest BCUT2D eigenvalue weighted by atomic mass is 10.0. The Morgan fingerprint density at radius 3 is 2.44 bits per heavy atom. The van der Waals surface area contributed by atoms with Crippen LogP contribution < -0.4 is 0 Å². The molecule has 1 aromatic carbocycles. The van der Waals surface area contributed by atoms with Gasteiger partial charge in [0.2, 0.25) is 0 Å². The van der Waals surface area contributed by atoms with Crippen LogP contribution in [0.2, 0.25) is 0 Å². The van der Waals surface area contributed by atoms with E-state index < -0.39 is 17.8 Å². The van der Waals surface area contributed by atoms with Gasteiger partial charge in [-0.2, -0.15) is 13.2 Å². The Morgan fingerprint density at radius 2 is 1.89 bits per heavy atom. The van der Waals surface area contributed by atoms with Crippen LogP contribution in [0.3, 0.4) is 0 Å². The molecule has 1 unspecified atom stereocenters. The summed E-state index contributed by atoms with van der Waals surface area (Å²) in [6.07, 6.45) is -5.44. The predicted molar refractivity (Wildman–Crippen MR) is 67.5 cm³/mol. The average molecular weight is 337 g/mol. The van der Waals surface area contributed by atoms with Gasteiger partial charge in [0.25, 0.3) is 0 Å². The molecule has 6 heteroatoms. The Balaban J connectivity index is 2.34. The molecule has 18 heavy (non-hydrogen) atoms. The minimum absolute atomic E-state index is 0.232. The summed E-state index contributed by atoms with van der Waals surface area (Å²) in [5, 5.41) is 11.7. The third-order valence-electron chi connectivity index (χ3n) is 2.43. The molecule has 0 fully saturated rings. The molecule has 2 rings (SSSR count). The second-order valence-corrected chi connectivity index (χ2v) is 6.00. The molecular weight excluding hydrogens is 329 g/mol. The summed E-state index contributed by atoms with van der Waals surface area (Å²) < 4.78 is 38.5. The number of thiophene rings is 1. The minimum Gasteiger partial charge on any atom is -0.384 e. The van der Waals surface area contributed by atoms with Crippen molar-refractivity contribution >= 4 is 27.3 Å². The molecule has 1 atom stereocenters. The maximum absolute atomic E-state index is 12.6. The molecule has 0 bridgehead atoms. The highest BCUT2D eigenvalue weighted by molar-refractivity contribution is 9.11. The lowest BCUT2D eigenvalue weighted by molar-refractivity contribution is -0.137. The zero-order valence-electron chi connectivity index (χ0n) is 8.91. The topological polar surface area (TPSA) is 20.2 Å². The Labute approximate surface area is 114 Å². The van der Waals surface area contributed by atoms with Crippen molar-refractivity contribution < 1.29 is 18.3 Å². The smallest absolute Gasteiger partial charge is 0.384 e. The highest BCUT2D eigenvalue weighted by Crippen LogP contribution is 2.33. The van der Waals surface area contributed by atoms with Gasteiger partial charge < -0.3 is 5.11 Å². The fourth-order valence-corrected chi connectivity index (χ4v) is 2.74. The first-order valence-corrected chi connectivity index (χ1v) is 6.64. The monoisotopic (exact) mass is 336 g/mol. The van der Waals surface area contributed by atoms with Crippen molar-refractivity contribution in [2.24, 2.45) is 0 Å². The molecule has 0 aliphatic heterocycles. The predicted octanol–water partition coefficient (Wildman–Crippen LogP) is 4.61. The molecule has 0 saturated heterocycles. The van der Waals surface area contributed by atoms with Crippen molar-refractivity contribution in [1.29, 1.82) is 0 Å². The standard InChI is InChI=1S/C12H8BrF3OS/c13-10-5-8(6-18-10)11(17)7-2-1-3-9(4-7)12(14,15)16/h1-6,11,17H. The molecule has 0 aliphatic rings. The van der Waals surface area contributed by atoms with Crippen molar-refractivity contribution in [3.05, 3.63) is 56.2 Å². The Kier molecular flexibility index (Phi) is 3.79. The van der Waals surface area contributed by atoms with E-state index in [9.17, 15) is 18.3 Å². The first-order chi connectivity index (χ1) is 8.38. The van der Waals surface area contributed by atoms with E-state index in [1.165, 1.54) is 23.5 Å². The largest absolute Gasteiger partial charge is 0.416 e. The molecule has 96 valence electrons. The molecule has 2 aromatic rings. The van der Waals surface area contributed by atoms with Crippen LogP contribution in [0.4, 0.5) is 13.2 Å². The molecule has 1 aromatic heterocycles. The summed E-state index contributed by atoms with van der Waals surface area (Å²) in [6.45, 7) is 0. The van der Waals surface area contributed by atoms with Crippen molar-refractivity contribution in [2.45, 2.75) is 12.3 Å². The maximum Gasteiger partial charge on any atom is 0.416 e. The number of benzene rings is 1. The number of alkyl halides is 3. The Bertz CT molecular complexity index is 550. The van der Waals surface area contributed by atoms with E-state index in [1.54, 1.807) is 11.4 Å². The van der Waals surface area contributed by atoms with Crippen molar-refractivity contribution in [1.82, 2.24) is 0 Å². The summed E-state index contributed by atoms with van der Waals surface area (Å²) >= 11 is 4.62. The number of aliphatic hydroxyl groups excluding tert-OH is 1. The van der Waals surface area contributed by atoms with E-state index in [4.69, 9.17) is 0 Å². The van der Waals surface area contributed by atoms with E-state index in [-0.39, 0.29) is 5.56 Å². The Morgan fingerprint density at radius 1 is 1.17 bits per heavy atom. The van der Waals surface area contributed by atoms with E-state index >= 15 is 0 Å². The van der Waals surface area contributed by atoms with Gasteiger partial charge in [0.05, 0.1) is 9.35 Å². The number of hydrogen-bond donors (Lipinski definition) is 1. The van der Waals surface area contributed by atoms with Gasteiger partial charge >= 0.3 is 6.18 Å². The molecule has 0 radical (unpaired) electrons. The van der Waals surface area contributed by atoms with Gasteiger partial charge in [0.15, 0.2) is 0 Å². The first-order valence-electron chi connectivity index (χ1n) is 4.97. The lowest BCUT2D eigenvalue weighted by Gasteiger charge is -2.12.